The standard InChI is InChI=1S/C15H19BrN2O2S/c1-18(2)6-5-17-9-11-12(19)7-10(8-13(11)20)14-3-4-15(16)21-14/h3-4,9-10,17H,5-8H2,1-2H3. The smallest absolute Gasteiger partial charge is 0.168 e. The average molecular weight is 371 g/mol. The van der Waals surface area contributed by atoms with Gasteiger partial charge in [-0.1, -0.05) is 0 Å². The number of halogens is 1. The fourth-order valence-electron chi connectivity index (χ4n) is 2.27. The summed E-state index contributed by atoms with van der Waals surface area (Å²) in [6.07, 6.45) is 2.43. The van der Waals surface area contributed by atoms with Gasteiger partial charge in [0.15, 0.2) is 11.6 Å². The van der Waals surface area contributed by atoms with Gasteiger partial charge in [-0.3, -0.25) is 9.59 Å². The molecule has 0 radical (unpaired) electrons. The van der Waals surface area contributed by atoms with E-state index in [4.69, 9.17) is 0 Å². The maximum absolute atomic E-state index is 12.2. The summed E-state index contributed by atoms with van der Waals surface area (Å²) >= 11 is 5.01. The van der Waals surface area contributed by atoms with Gasteiger partial charge in [0, 0.05) is 42.9 Å². The molecule has 1 aromatic rings. The molecule has 2 rings (SSSR count). The van der Waals surface area contributed by atoms with Crippen molar-refractivity contribution in [2.45, 2.75) is 18.8 Å². The molecule has 1 heterocycles. The van der Waals surface area contributed by atoms with Crippen LogP contribution in [0.1, 0.15) is 23.6 Å². The molecule has 1 saturated carbocycles. The third kappa shape index (κ3) is 4.49. The molecule has 6 heteroatoms. The summed E-state index contributed by atoms with van der Waals surface area (Å²) in [7, 11) is 3.96. The lowest BCUT2D eigenvalue weighted by atomic mass is 9.83. The first kappa shape index (κ1) is 16.4. The molecule has 0 atom stereocenters. The van der Waals surface area contributed by atoms with Gasteiger partial charge in [-0.05, 0) is 42.2 Å². The van der Waals surface area contributed by atoms with Crippen molar-refractivity contribution < 1.29 is 9.59 Å². The molecule has 4 nitrogen and oxygen atoms in total. The monoisotopic (exact) mass is 370 g/mol. The summed E-state index contributed by atoms with van der Waals surface area (Å²) in [6.45, 7) is 1.58. The van der Waals surface area contributed by atoms with Crippen LogP contribution in [0.15, 0.2) is 27.7 Å². The van der Waals surface area contributed by atoms with E-state index in [1.165, 1.54) is 0 Å². The number of rotatable bonds is 5. The Morgan fingerprint density at radius 3 is 2.52 bits per heavy atom. The van der Waals surface area contributed by atoms with Gasteiger partial charge < -0.3 is 10.2 Å². The summed E-state index contributed by atoms with van der Waals surface area (Å²) in [5.41, 5.74) is 0.320. The predicted octanol–water partition coefficient (Wildman–Crippen LogP) is 2.56. The predicted molar refractivity (Wildman–Crippen MR) is 88.6 cm³/mol. The fourth-order valence-corrected chi connectivity index (χ4v) is 3.79. The molecule has 114 valence electrons. The van der Waals surface area contributed by atoms with E-state index in [0.29, 0.717) is 18.4 Å². The molecular weight excluding hydrogens is 352 g/mol. The number of nitrogens with zero attached hydrogens (tertiary/aromatic N) is 1. The van der Waals surface area contributed by atoms with E-state index in [9.17, 15) is 9.59 Å². The Morgan fingerprint density at radius 2 is 2.00 bits per heavy atom. The largest absolute Gasteiger partial charge is 0.389 e. The Hall–Kier alpha value is -0.980. The maximum Gasteiger partial charge on any atom is 0.168 e. The molecule has 1 N–H and O–H groups in total. The summed E-state index contributed by atoms with van der Waals surface area (Å²) in [6, 6.07) is 3.95. The first-order valence-electron chi connectivity index (χ1n) is 6.87. The first-order chi connectivity index (χ1) is 9.97. The van der Waals surface area contributed by atoms with Crippen molar-refractivity contribution in [1.82, 2.24) is 10.2 Å². The van der Waals surface area contributed by atoms with Gasteiger partial charge in [0.25, 0.3) is 0 Å². The lowest BCUT2D eigenvalue weighted by Gasteiger charge is -2.21. The highest BCUT2D eigenvalue weighted by Gasteiger charge is 2.31. The number of thiophene rings is 1. The summed E-state index contributed by atoms with van der Waals surface area (Å²) in [4.78, 5) is 27.5. The van der Waals surface area contributed by atoms with Crippen LogP contribution in [-0.4, -0.2) is 43.7 Å². The van der Waals surface area contributed by atoms with Crippen LogP contribution < -0.4 is 5.32 Å². The normalized spacial score (nSPS) is 19.2. The van der Waals surface area contributed by atoms with E-state index in [0.717, 1.165) is 21.8 Å². The zero-order chi connectivity index (χ0) is 15.4. The third-order valence-corrected chi connectivity index (χ3v) is 5.20. The Bertz CT molecular complexity index is 546. The number of likely N-dealkylation sites (N-methyl/N-ethyl adjacent to an activating group) is 1. The molecule has 0 spiro atoms. The van der Waals surface area contributed by atoms with E-state index in [2.05, 4.69) is 21.2 Å². The molecule has 21 heavy (non-hydrogen) atoms. The molecule has 1 aromatic heterocycles. The number of carbonyl (C=O) groups is 2. The Balaban J connectivity index is 1.97. The second-order valence-corrected chi connectivity index (χ2v) is 7.90. The number of carbonyl (C=O) groups excluding carboxylic acids is 2. The maximum atomic E-state index is 12.2. The van der Waals surface area contributed by atoms with Crippen molar-refractivity contribution in [1.29, 1.82) is 0 Å². The number of Topliss-reactive ketones (excluding diaryl/α,β-unsaturated/α-hetero) is 2. The van der Waals surface area contributed by atoms with Gasteiger partial charge >= 0.3 is 0 Å². The van der Waals surface area contributed by atoms with E-state index >= 15 is 0 Å². The van der Waals surface area contributed by atoms with Crippen molar-refractivity contribution in [3.05, 3.63) is 32.6 Å². The van der Waals surface area contributed by atoms with Crippen LogP contribution in [-0.2, 0) is 9.59 Å². The fraction of sp³-hybridized carbons (Fsp3) is 0.467. The number of hydrogen-bond acceptors (Lipinski definition) is 5. The highest BCUT2D eigenvalue weighted by Crippen LogP contribution is 2.36. The SMILES string of the molecule is CN(C)CCNC=C1C(=O)CC(c2ccc(Br)s2)CC1=O. The number of allylic oxidation sites excluding steroid dienone is 1. The van der Waals surface area contributed by atoms with Crippen LogP contribution in [0, 0.1) is 0 Å². The van der Waals surface area contributed by atoms with Crippen molar-refractivity contribution >= 4 is 38.8 Å². The minimum atomic E-state index is -0.0573. The quantitative estimate of drug-likeness (QED) is 0.491. The minimum Gasteiger partial charge on any atom is -0.389 e. The van der Waals surface area contributed by atoms with Crippen LogP contribution in [0.3, 0.4) is 0 Å². The zero-order valence-electron chi connectivity index (χ0n) is 12.2. The molecule has 1 aliphatic carbocycles. The van der Waals surface area contributed by atoms with Gasteiger partial charge in [0.2, 0.25) is 0 Å². The molecule has 0 bridgehead atoms. The van der Waals surface area contributed by atoms with E-state index < -0.39 is 0 Å². The second-order valence-electron chi connectivity index (χ2n) is 5.41. The molecule has 0 aromatic carbocycles. The lowest BCUT2D eigenvalue weighted by Crippen LogP contribution is -2.28. The van der Waals surface area contributed by atoms with Gasteiger partial charge in [-0.2, -0.15) is 0 Å². The second kappa shape index (κ2) is 7.33. The minimum absolute atomic E-state index is 0.0280. The zero-order valence-corrected chi connectivity index (χ0v) is 14.6. The van der Waals surface area contributed by atoms with Crippen LogP contribution in [0.5, 0.6) is 0 Å². The van der Waals surface area contributed by atoms with Crippen molar-refractivity contribution in [3.8, 4) is 0 Å². The van der Waals surface area contributed by atoms with Crippen LogP contribution >= 0.6 is 27.3 Å². The number of hydrogen-bond donors (Lipinski definition) is 1. The van der Waals surface area contributed by atoms with Crippen molar-refractivity contribution in [2.75, 3.05) is 27.2 Å². The Morgan fingerprint density at radius 1 is 1.33 bits per heavy atom. The van der Waals surface area contributed by atoms with Crippen molar-refractivity contribution in [3.63, 3.8) is 0 Å². The van der Waals surface area contributed by atoms with Crippen LogP contribution in [0.2, 0.25) is 0 Å². The number of ketones is 2. The number of nitrogens with one attached hydrogen (secondary N) is 1. The van der Waals surface area contributed by atoms with Gasteiger partial charge in [-0.15, -0.1) is 11.3 Å². The van der Waals surface area contributed by atoms with E-state index in [1.54, 1.807) is 17.5 Å². The summed E-state index contributed by atoms with van der Waals surface area (Å²) in [5, 5.41) is 3.06. The Labute approximate surface area is 137 Å². The summed E-state index contributed by atoms with van der Waals surface area (Å²) < 4.78 is 1.03. The van der Waals surface area contributed by atoms with Gasteiger partial charge in [-0.25, -0.2) is 0 Å². The molecule has 0 aliphatic heterocycles. The molecular formula is C15H19BrN2O2S. The van der Waals surface area contributed by atoms with Crippen molar-refractivity contribution in [2.24, 2.45) is 0 Å². The molecule has 1 fully saturated rings. The third-order valence-electron chi connectivity index (χ3n) is 3.41. The molecule has 0 amide bonds. The van der Waals surface area contributed by atoms with Crippen LogP contribution in [0.4, 0.5) is 0 Å². The summed E-state index contributed by atoms with van der Waals surface area (Å²) in [5.74, 6) is -0.0866. The molecule has 0 saturated heterocycles. The molecule has 1 aliphatic rings. The van der Waals surface area contributed by atoms with Gasteiger partial charge in [0.05, 0.1) is 9.36 Å². The molecule has 0 unspecified atom stereocenters. The highest BCUT2D eigenvalue weighted by molar-refractivity contribution is 9.11. The lowest BCUT2D eigenvalue weighted by molar-refractivity contribution is -0.124. The van der Waals surface area contributed by atoms with Gasteiger partial charge in [0.1, 0.15) is 0 Å². The average Bonchev–Trinajstić information content (AvgIpc) is 2.83. The van der Waals surface area contributed by atoms with E-state index in [1.807, 2.05) is 31.1 Å². The highest BCUT2D eigenvalue weighted by atomic mass is 79.9. The topological polar surface area (TPSA) is 49.4 Å². The van der Waals surface area contributed by atoms with Crippen LogP contribution in [0.25, 0.3) is 0 Å². The van der Waals surface area contributed by atoms with E-state index in [-0.39, 0.29) is 17.5 Å². The first-order valence-corrected chi connectivity index (χ1v) is 8.48. The Kier molecular flexibility index (Phi) is 5.72.